The molecule has 0 amide bonds. The SMILES string of the molecule is CCCNc1cn(CC(C)C)nc1C. The normalized spacial score (nSPS) is 10.9. The fraction of sp³-hybridized carbons (Fsp3) is 0.727. The molecule has 1 aromatic rings. The molecule has 0 atom stereocenters. The molecule has 0 aliphatic carbocycles. The van der Waals surface area contributed by atoms with E-state index in [4.69, 9.17) is 0 Å². The van der Waals surface area contributed by atoms with Gasteiger partial charge in [0, 0.05) is 19.3 Å². The van der Waals surface area contributed by atoms with Crippen molar-refractivity contribution in [2.45, 2.75) is 40.7 Å². The second-order valence-electron chi connectivity index (χ2n) is 4.17. The van der Waals surface area contributed by atoms with Crippen LogP contribution >= 0.6 is 0 Å². The predicted molar refractivity (Wildman–Crippen MR) is 60.6 cm³/mol. The van der Waals surface area contributed by atoms with Gasteiger partial charge >= 0.3 is 0 Å². The molecule has 1 rings (SSSR count). The van der Waals surface area contributed by atoms with Crippen LogP contribution in [0, 0.1) is 12.8 Å². The van der Waals surface area contributed by atoms with Crippen LogP contribution in [0.25, 0.3) is 0 Å². The summed E-state index contributed by atoms with van der Waals surface area (Å²) in [5.74, 6) is 0.647. The Hall–Kier alpha value is -0.990. The lowest BCUT2D eigenvalue weighted by atomic mass is 10.2. The van der Waals surface area contributed by atoms with Crippen molar-refractivity contribution < 1.29 is 0 Å². The smallest absolute Gasteiger partial charge is 0.0825 e. The largest absolute Gasteiger partial charge is 0.382 e. The summed E-state index contributed by atoms with van der Waals surface area (Å²) in [6.45, 7) is 10.6. The zero-order valence-electron chi connectivity index (χ0n) is 9.67. The van der Waals surface area contributed by atoms with E-state index in [1.165, 1.54) is 5.69 Å². The fourth-order valence-corrected chi connectivity index (χ4v) is 1.42. The number of nitrogens with one attached hydrogen (secondary N) is 1. The maximum absolute atomic E-state index is 4.46. The average molecular weight is 195 g/mol. The highest BCUT2D eigenvalue weighted by molar-refractivity contribution is 5.45. The van der Waals surface area contributed by atoms with Crippen LogP contribution in [-0.4, -0.2) is 16.3 Å². The first-order valence-corrected chi connectivity index (χ1v) is 5.41. The van der Waals surface area contributed by atoms with Crippen LogP contribution in [0.5, 0.6) is 0 Å². The van der Waals surface area contributed by atoms with E-state index in [0.29, 0.717) is 5.92 Å². The van der Waals surface area contributed by atoms with Crippen LogP contribution in [-0.2, 0) is 6.54 Å². The molecule has 0 aromatic carbocycles. The lowest BCUT2D eigenvalue weighted by molar-refractivity contribution is 0.481. The Labute approximate surface area is 86.5 Å². The zero-order valence-corrected chi connectivity index (χ0v) is 9.67. The van der Waals surface area contributed by atoms with Gasteiger partial charge in [-0.25, -0.2) is 0 Å². The lowest BCUT2D eigenvalue weighted by Gasteiger charge is -2.03. The predicted octanol–water partition coefficient (Wildman–Crippen LogP) is 2.67. The number of nitrogens with zero attached hydrogens (tertiary/aromatic N) is 2. The van der Waals surface area contributed by atoms with Crippen molar-refractivity contribution >= 4 is 5.69 Å². The number of hydrogen-bond donors (Lipinski definition) is 1. The molecule has 1 aromatic heterocycles. The third kappa shape index (κ3) is 3.05. The summed E-state index contributed by atoms with van der Waals surface area (Å²) in [5.41, 5.74) is 2.27. The quantitative estimate of drug-likeness (QED) is 0.782. The highest BCUT2D eigenvalue weighted by Gasteiger charge is 2.04. The van der Waals surface area contributed by atoms with E-state index in [9.17, 15) is 0 Å². The maximum Gasteiger partial charge on any atom is 0.0825 e. The molecule has 80 valence electrons. The van der Waals surface area contributed by atoms with Gasteiger partial charge < -0.3 is 5.32 Å². The topological polar surface area (TPSA) is 29.9 Å². The molecule has 0 aliphatic rings. The molecule has 0 aliphatic heterocycles. The molecule has 0 fully saturated rings. The Morgan fingerprint density at radius 2 is 2.21 bits per heavy atom. The van der Waals surface area contributed by atoms with Crippen molar-refractivity contribution in [2.75, 3.05) is 11.9 Å². The molecule has 0 spiro atoms. The summed E-state index contributed by atoms with van der Waals surface area (Å²) < 4.78 is 2.03. The first kappa shape index (κ1) is 11.1. The second-order valence-corrected chi connectivity index (χ2v) is 4.17. The van der Waals surface area contributed by atoms with Crippen LogP contribution in [0.1, 0.15) is 32.9 Å². The van der Waals surface area contributed by atoms with Gasteiger partial charge in [0.05, 0.1) is 11.4 Å². The van der Waals surface area contributed by atoms with Gasteiger partial charge in [0.1, 0.15) is 0 Å². The van der Waals surface area contributed by atoms with E-state index in [-0.39, 0.29) is 0 Å². The molecule has 0 saturated carbocycles. The van der Waals surface area contributed by atoms with E-state index in [2.05, 4.69) is 44.3 Å². The second kappa shape index (κ2) is 5.03. The Balaban J connectivity index is 2.62. The Kier molecular flexibility index (Phi) is 3.98. The van der Waals surface area contributed by atoms with Crippen molar-refractivity contribution in [3.63, 3.8) is 0 Å². The maximum atomic E-state index is 4.46. The van der Waals surface area contributed by atoms with Gasteiger partial charge in [-0.05, 0) is 19.3 Å². The number of hydrogen-bond acceptors (Lipinski definition) is 2. The first-order valence-electron chi connectivity index (χ1n) is 5.41. The minimum atomic E-state index is 0.647. The monoisotopic (exact) mass is 195 g/mol. The molecule has 1 heterocycles. The van der Waals surface area contributed by atoms with Gasteiger partial charge in [0.15, 0.2) is 0 Å². The zero-order chi connectivity index (χ0) is 10.6. The summed E-state index contributed by atoms with van der Waals surface area (Å²) in [5, 5.41) is 7.83. The van der Waals surface area contributed by atoms with Crippen LogP contribution in [0.4, 0.5) is 5.69 Å². The average Bonchev–Trinajstić information content (AvgIpc) is 2.41. The molecule has 14 heavy (non-hydrogen) atoms. The molecule has 0 unspecified atom stereocenters. The highest BCUT2D eigenvalue weighted by Crippen LogP contribution is 2.13. The van der Waals surface area contributed by atoms with Gasteiger partial charge in [-0.2, -0.15) is 5.10 Å². The molecule has 1 N–H and O–H groups in total. The minimum Gasteiger partial charge on any atom is -0.382 e. The van der Waals surface area contributed by atoms with E-state index < -0.39 is 0 Å². The molecular formula is C11H21N3. The number of anilines is 1. The third-order valence-corrected chi connectivity index (χ3v) is 2.06. The molecular weight excluding hydrogens is 174 g/mol. The molecule has 0 bridgehead atoms. The molecule has 3 nitrogen and oxygen atoms in total. The van der Waals surface area contributed by atoms with Crippen LogP contribution in [0.15, 0.2) is 6.20 Å². The van der Waals surface area contributed by atoms with E-state index in [1.807, 2.05) is 4.68 Å². The van der Waals surface area contributed by atoms with E-state index in [1.54, 1.807) is 0 Å². The summed E-state index contributed by atoms with van der Waals surface area (Å²) in [6.07, 6.45) is 3.25. The summed E-state index contributed by atoms with van der Waals surface area (Å²) in [4.78, 5) is 0. The Bertz CT molecular complexity index is 276. The highest BCUT2D eigenvalue weighted by atomic mass is 15.3. The minimum absolute atomic E-state index is 0.647. The van der Waals surface area contributed by atoms with Crippen LogP contribution in [0.3, 0.4) is 0 Å². The van der Waals surface area contributed by atoms with Gasteiger partial charge in [0.2, 0.25) is 0 Å². The van der Waals surface area contributed by atoms with Gasteiger partial charge in [0.25, 0.3) is 0 Å². The number of aryl methyl sites for hydroxylation is 1. The van der Waals surface area contributed by atoms with Gasteiger partial charge in [-0.3, -0.25) is 4.68 Å². The Morgan fingerprint density at radius 1 is 1.50 bits per heavy atom. The molecule has 0 radical (unpaired) electrons. The molecule has 0 saturated heterocycles. The van der Waals surface area contributed by atoms with Crippen molar-refractivity contribution in [1.82, 2.24) is 9.78 Å². The number of rotatable bonds is 5. The van der Waals surface area contributed by atoms with Crippen LogP contribution < -0.4 is 5.32 Å². The summed E-state index contributed by atoms with van der Waals surface area (Å²) >= 11 is 0. The van der Waals surface area contributed by atoms with Gasteiger partial charge in [-0.1, -0.05) is 20.8 Å². The third-order valence-electron chi connectivity index (χ3n) is 2.06. The molecule has 3 heteroatoms. The summed E-state index contributed by atoms with van der Waals surface area (Å²) in [7, 11) is 0. The van der Waals surface area contributed by atoms with Crippen molar-refractivity contribution in [3.8, 4) is 0 Å². The van der Waals surface area contributed by atoms with Crippen LogP contribution in [0.2, 0.25) is 0 Å². The van der Waals surface area contributed by atoms with E-state index >= 15 is 0 Å². The fourth-order valence-electron chi connectivity index (χ4n) is 1.42. The summed E-state index contributed by atoms with van der Waals surface area (Å²) in [6, 6.07) is 0. The first-order chi connectivity index (χ1) is 6.63. The van der Waals surface area contributed by atoms with Gasteiger partial charge in [-0.15, -0.1) is 0 Å². The van der Waals surface area contributed by atoms with Crippen molar-refractivity contribution in [1.29, 1.82) is 0 Å². The number of aromatic nitrogens is 2. The van der Waals surface area contributed by atoms with Crippen molar-refractivity contribution in [2.24, 2.45) is 5.92 Å². The Morgan fingerprint density at radius 3 is 2.79 bits per heavy atom. The van der Waals surface area contributed by atoms with E-state index in [0.717, 1.165) is 25.2 Å². The van der Waals surface area contributed by atoms with Crippen molar-refractivity contribution in [3.05, 3.63) is 11.9 Å². The lowest BCUT2D eigenvalue weighted by Crippen LogP contribution is -2.04. The standard InChI is InChI=1S/C11H21N3/c1-5-6-12-11-8-14(7-9(2)3)13-10(11)4/h8-9,12H,5-7H2,1-4H3.